The molecular weight excluding hydrogens is 527 g/mol. The van der Waals surface area contributed by atoms with E-state index in [0.717, 1.165) is 78.4 Å². The number of aliphatic imine (C=N–C) groups is 1. The van der Waals surface area contributed by atoms with E-state index < -0.39 is 0 Å². The maximum Gasteiger partial charge on any atom is 0.198 e. The Bertz CT molecular complexity index is 1380. The Labute approximate surface area is 242 Å². The third-order valence-corrected chi connectivity index (χ3v) is 10.3. The highest BCUT2D eigenvalue weighted by atomic mass is 35.5. The van der Waals surface area contributed by atoms with Crippen LogP contribution in [-0.2, 0) is 12.8 Å². The van der Waals surface area contributed by atoms with Crippen molar-refractivity contribution in [3.8, 4) is 0 Å². The smallest absolute Gasteiger partial charge is 0.198 e. The Kier molecular flexibility index (Phi) is 7.32. The fourth-order valence-corrected chi connectivity index (χ4v) is 7.63. The Balaban J connectivity index is 1.21. The van der Waals surface area contributed by atoms with Gasteiger partial charge < -0.3 is 20.5 Å². The molecule has 1 unspecified atom stereocenters. The predicted molar refractivity (Wildman–Crippen MR) is 163 cm³/mol. The van der Waals surface area contributed by atoms with Crippen LogP contribution in [0.1, 0.15) is 51.9 Å². The summed E-state index contributed by atoms with van der Waals surface area (Å²) in [4.78, 5) is 16.2. The van der Waals surface area contributed by atoms with Crippen LogP contribution >= 0.6 is 23.2 Å². The molecule has 0 radical (unpaired) electrons. The van der Waals surface area contributed by atoms with E-state index >= 15 is 0 Å². The first-order valence-electron chi connectivity index (χ1n) is 14.4. The van der Waals surface area contributed by atoms with Crippen LogP contribution in [0.5, 0.6) is 0 Å². The molecule has 7 rings (SSSR count). The Morgan fingerprint density at radius 2 is 1.97 bits per heavy atom. The summed E-state index contributed by atoms with van der Waals surface area (Å²) in [5, 5.41) is 8.65. The van der Waals surface area contributed by atoms with Gasteiger partial charge in [0.05, 0.1) is 17.1 Å². The molecule has 39 heavy (non-hydrogen) atoms. The summed E-state index contributed by atoms with van der Waals surface area (Å²) in [6, 6.07) is 12.9. The number of anilines is 1. The number of aryl methyl sites for hydroxylation is 2. The summed E-state index contributed by atoms with van der Waals surface area (Å²) in [7, 11) is 0. The second-order valence-corrected chi connectivity index (χ2v) is 13.4. The fraction of sp³-hybridized carbons (Fsp3) is 0.548. The first-order chi connectivity index (χ1) is 18.7. The molecule has 6 nitrogen and oxygen atoms in total. The average molecular weight is 568 g/mol. The van der Waals surface area contributed by atoms with Gasteiger partial charge in [0.15, 0.2) is 5.96 Å². The van der Waals surface area contributed by atoms with Crippen LogP contribution in [0.15, 0.2) is 41.4 Å². The van der Waals surface area contributed by atoms with E-state index in [1.807, 2.05) is 12.1 Å². The van der Waals surface area contributed by atoms with Crippen LogP contribution in [-0.4, -0.2) is 52.5 Å². The number of rotatable bonds is 5. The van der Waals surface area contributed by atoms with E-state index in [1.165, 1.54) is 12.8 Å². The van der Waals surface area contributed by atoms with Gasteiger partial charge in [-0.1, -0.05) is 50.0 Å². The number of imidazole rings is 1. The zero-order valence-corrected chi connectivity index (χ0v) is 24.9. The lowest BCUT2D eigenvalue weighted by Gasteiger charge is -2.61. The number of halogens is 2. The minimum atomic E-state index is 0.370. The van der Waals surface area contributed by atoms with Gasteiger partial charge in [0, 0.05) is 47.8 Å². The third kappa shape index (κ3) is 5.40. The number of H-pyrrole nitrogens is 1. The highest BCUT2D eigenvalue weighted by Crippen LogP contribution is 2.61. The number of benzene rings is 2. The molecule has 208 valence electrons. The lowest BCUT2D eigenvalue weighted by atomic mass is 9.45. The number of hydrogen-bond acceptors (Lipinski definition) is 3. The third-order valence-electron chi connectivity index (χ3n) is 9.70. The number of fused-ring (bicyclic) bond motifs is 3. The molecule has 0 amide bonds. The molecule has 8 heteroatoms. The number of nitrogens with zero attached hydrogens (tertiary/aromatic N) is 3. The molecule has 2 aromatic carbocycles. The Morgan fingerprint density at radius 1 is 1.13 bits per heavy atom. The van der Waals surface area contributed by atoms with Gasteiger partial charge in [0.1, 0.15) is 5.82 Å². The van der Waals surface area contributed by atoms with Crippen LogP contribution in [0.4, 0.5) is 5.69 Å². The Hall–Kier alpha value is -2.28. The molecular formula is C31H40Cl2N6. The van der Waals surface area contributed by atoms with Gasteiger partial charge >= 0.3 is 0 Å². The van der Waals surface area contributed by atoms with Crippen LogP contribution in [0, 0.1) is 23.2 Å². The monoisotopic (exact) mass is 566 g/mol. The van der Waals surface area contributed by atoms with Crippen molar-refractivity contribution in [1.29, 1.82) is 0 Å². The number of nitrogens with one attached hydrogen (secondary N) is 3. The summed E-state index contributed by atoms with van der Waals surface area (Å²) in [5.41, 5.74) is 4.56. The second kappa shape index (κ2) is 10.6. The number of hydrogen-bond donors (Lipinski definition) is 3. The zero-order chi connectivity index (χ0) is 27.3. The van der Waals surface area contributed by atoms with Crippen LogP contribution in [0.3, 0.4) is 0 Å². The van der Waals surface area contributed by atoms with Gasteiger partial charge in [0.2, 0.25) is 0 Å². The van der Waals surface area contributed by atoms with Gasteiger partial charge in [-0.3, -0.25) is 0 Å². The average Bonchev–Trinajstić information content (AvgIpc) is 3.30. The van der Waals surface area contributed by atoms with Crippen molar-refractivity contribution in [2.75, 3.05) is 25.0 Å². The highest BCUT2D eigenvalue weighted by Gasteiger charge is 2.56. The zero-order valence-electron chi connectivity index (χ0n) is 23.4. The predicted octanol–water partition coefficient (Wildman–Crippen LogP) is 6.79. The standard InChI is InChI=1S/C31H40Cl2N6/c1-18-17-39(12-11-34-18)30(38-27-14-21-13-24(19(27)2)31(21,3)4)35-23-8-9-26-28(16-23)37-29(36-26)10-6-20-5-7-22(32)15-25(20)33/h5,7-9,15-16,18-19,21,24,27,34H,6,10-14,17H2,1-4H3,(H,35,38)(H,36,37)/t18-,19?,21+,24-,27-/m0/s1. The van der Waals surface area contributed by atoms with Gasteiger partial charge in [-0.2, -0.15) is 0 Å². The van der Waals surface area contributed by atoms with Gasteiger partial charge in [-0.25, -0.2) is 9.98 Å². The quantitative estimate of drug-likeness (QED) is 0.235. The molecule has 3 aliphatic carbocycles. The molecule has 2 heterocycles. The van der Waals surface area contributed by atoms with E-state index in [0.29, 0.717) is 33.5 Å². The summed E-state index contributed by atoms with van der Waals surface area (Å²) in [6.07, 6.45) is 4.15. The molecule has 3 N–H and O–H groups in total. The number of guanidine groups is 1. The van der Waals surface area contributed by atoms with Crippen molar-refractivity contribution in [2.24, 2.45) is 28.2 Å². The van der Waals surface area contributed by atoms with Crippen molar-refractivity contribution in [3.63, 3.8) is 0 Å². The topological polar surface area (TPSA) is 68.3 Å². The van der Waals surface area contributed by atoms with E-state index in [4.69, 9.17) is 33.2 Å². The summed E-state index contributed by atoms with van der Waals surface area (Å²) >= 11 is 12.4. The molecule has 2 bridgehead atoms. The van der Waals surface area contributed by atoms with Crippen LogP contribution in [0.25, 0.3) is 11.0 Å². The summed E-state index contributed by atoms with van der Waals surface area (Å²) in [5.74, 6) is 4.13. The van der Waals surface area contributed by atoms with E-state index in [-0.39, 0.29) is 0 Å². The number of piperazine rings is 1. The van der Waals surface area contributed by atoms with Crippen molar-refractivity contribution < 1.29 is 0 Å². The first kappa shape index (κ1) is 26.9. The molecule has 1 aromatic heterocycles. The van der Waals surface area contributed by atoms with E-state index in [1.54, 1.807) is 6.07 Å². The maximum absolute atomic E-state index is 6.38. The first-order valence-corrected chi connectivity index (χ1v) is 15.2. The van der Waals surface area contributed by atoms with Crippen LogP contribution < -0.4 is 10.6 Å². The highest BCUT2D eigenvalue weighted by molar-refractivity contribution is 6.35. The van der Waals surface area contributed by atoms with Gasteiger partial charge in [0.25, 0.3) is 0 Å². The molecule has 4 fully saturated rings. The molecule has 0 spiro atoms. The molecule has 3 aromatic rings. The van der Waals surface area contributed by atoms with Crippen molar-refractivity contribution >= 4 is 45.9 Å². The minimum Gasteiger partial charge on any atom is -0.342 e. The normalized spacial score (nSPS) is 28.4. The van der Waals surface area contributed by atoms with Gasteiger partial charge in [-0.05, 0) is 85.3 Å². The second-order valence-electron chi connectivity index (χ2n) is 12.6. The summed E-state index contributed by atoms with van der Waals surface area (Å²) in [6.45, 7) is 12.5. The van der Waals surface area contributed by atoms with E-state index in [2.05, 4.69) is 66.4 Å². The van der Waals surface area contributed by atoms with E-state index in [9.17, 15) is 0 Å². The van der Waals surface area contributed by atoms with Crippen molar-refractivity contribution in [1.82, 2.24) is 20.2 Å². The molecule has 3 saturated carbocycles. The number of aromatic nitrogens is 2. The summed E-state index contributed by atoms with van der Waals surface area (Å²) < 4.78 is 0. The SMILES string of the molecule is CC1[C@@H](/N=C(/Nc2ccc3[nH]c(CCc4ccc(Cl)cc4Cl)nc3c2)N2CCN[C@@H](C)C2)C[C@H]2C[C@@H]1C2(C)C. The molecule has 1 aliphatic heterocycles. The lowest BCUT2D eigenvalue weighted by molar-refractivity contribution is -0.108. The molecule has 1 saturated heterocycles. The fourth-order valence-electron chi connectivity index (χ4n) is 7.13. The maximum atomic E-state index is 6.38. The lowest BCUT2D eigenvalue weighted by Crippen LogP contribution is -2.57. The molecule has 5 atom stereocenters. The van der Waals surface area contributed by atoms with Gasteiger partial charge in [-0.15, -0.1) is 0 Å². The van der Waals surface area contributed by atoms with Crippen LogP contribution in [0.2, 0.25) is 10.0 Å². The van der Waals surface area contributed by atoms with Crippen molar-refractivity contribution in [2.45, 2.75) is 65.5 Å². The molecule has 4 aliphatic rings. The van der Waals surface area contributed by atoms with Crippen molar-refractivity contribution in [3.05, 3.63) is 57.8 Å². The number of aromatic amines is 1. The largest absolute Gasteiger partial charge is 0.342 e. The Morgan fingerprint density at radius 3 is 2.72 bits per heavy atom. The minimum absolute atomic E-state index is 0.370.